The number of alkyl halides is 2. The number of anilines is 1. The minimum Gasteiger partial charge on any atom is -0.471 e. The largest absolute Gasteiger partial charge is 0.471 e. The molecular weight excluding hydrogens is 382 g/mol. The number of nitrogens with two attached hydrogens (primary N) is 1. The van der Waals surface area contributed by atoms with E-state index in [1.807, 2.05) is 6.07 Å². The van der Waals surface area contributed by atoms with Gasteiger partial charge >= 0.3 is 0 Å². The number of aromatic nitrogens is 2. The maximum absolute atomic E-state index is 12.5. The molecule has 29 heavy (non-hydrogen) atoms. The van der Waals surface area contributed by atoms with Crippen LogP contribution < -0.4 is 15.4 Å². The van der Waals surface area contributed by atoms with E-state index in [1.54, 1.807) is 6.92 Å². The summed E-state index contributed by atoms with van der Waals surface area (Å²) in [5.41, 5.74) is 7.05. The van der Waals surface area contributed by atoms with Gasteiger partial charge in [0.1, 0.15) is 5.82 Å². The summed E-state index contributed by atoms with van der Waals surface area (Å²) in [4.78, 5) is 33.8. The van der Waals surface area contributed by atoms with Gasteiger partial charge in [-0.1, -0.05) is 6.92 Å². The van der Waals surface area contributed by atoms with Crippen LogP contribution >= 0.6 is 0 Å². The smallest absolute Gasteiger partial charge is 0.272 e. The molecule has 1 aliphatic carbocycles. The summed E-state index contributed by atoms with van der Waals surface area (Å²) in [5.74, 6) is -0.0689. The Balaban J connectivity index is 1.88. The first-order valence-electron chi connectivity index (χ1n) is 9.35. The SMILES string of the molecule is CCC(=O)N(Cc1cnc(OCC(F)F)c(C2CC2)c1)c1cc(C(N)=O)ccn1. The van der Waals surface area contributed by atoms with Gasteiger partial charge in [-0.25, -0.2) is 18.7 Å². The zero-order valence-electron chi connectivity index (χ0n) is 16.0. The molecule has 1 fully saturated rings. The molecule has 1 aliphatic rings. The van der Waals surface area contributed by atoms with Crippen LogP contribution in [0.5, 0.6) is 5.88 Å². The van der Waals surface area contributed by atoms with Gasteiger partial charge in [0.2, 0.25) is 17.7 Å². The number of halogens is 2. The van der Waals surface area contributed by atoms with Crippen molar-refractivity contribution in [3.8, 4) is 5.88 Å². The van der Waals surface area contributed by atoms with Crippen molar-refractivity contribution in [2.45, 2.75) is 45.1 Å². The molecule has 7 nitrogen and oxygen atoms in total. The Morgan fingerprint density at radius 2 is 2.07 bits per heavy atom. The third-order valence-electron chi connectivity index (χ3n) is 4.55. The first-order valence-corrected chi connectivity index (χ1v) is 9.35. The molecule has 2 aromatic heterocycles. The second kappa shape index (κ2) is 8.93. The number of hydrogen-bond donors (Lipinski definition) is 1. The van der Waals surface area contributed by atoms with E-state index in [9.17, 15) is 18.4 Å². The van der Waals surface area contributed by atoms with Crippen molar-refractivity contribution in [3.63, 3.8) is 0 Å². The van der Waals surface area contributed by atoms with Crippen LogP contribution in [-0.2, 0) is 11.3 Å². The van der Waals surface area contributed by atoms with Gasteiger partial charge in [-0.15, -0.1) is 0 Å². The molecule has 0 bridgehead atoms. The number of pyridine rings is 2. The fraction of sp³-hybridized carbons (Fsp3) is 0.400. The number of amides is 2. The summed E-state index contributed by atoms with van der Waals surface area (Å²) in [6.45, 7) is 1.18. The molecule has 0 atom stereocenters. The lowest BCUT2D eigenvalue weighted by atomic mass is 10.1. The molecule has 0 saturated heterocycles. The zero-order chi connectivity index (χ0) is 21.0. The molecular formula is C20H22F2N4O3. The van der Waals surface area contributed by atoms with Gasteiger partial charge in [-0.3, -0.25) is 14.5 Å². The molecule has 1 saturated carbocycles. The second-order valence-corrected chi connectivity index (χ2v) is 6.81. The predicted octanol–water partition coefficient (Wildman–Crippen LogP) is 3.04. The number of ether oxygens (including phenoxy) is 1. The van der Waals surface area contributed by atoms with E-state index in [0.717, 1.165) is 18.4 Å². The third-order valence-corrected chi connectivity index (χ3v) is 4.55. The lowest BCUT2D eigenvalue weighted by molar-refractivity contribution is -0.118. The topological polar surface area (TPSA) is 98.4 Å². The molecule has 2 heterocycles. The third kappa shape index (κ3) is 5.24. The monoisotopic (exact) mass is 404 g/mol. The fourth-order valence-corrected chi connectivity index (χ4v) is 2.94. The summed E-state index contributed by atoms with van der Waals surface area (Å²) >= 11 is 0. The molecule has 154 valence electrons. The molecule has 3 rings (SSSR count). The Morgan fingerprint density at radius 1 is 1.31 bits per heavy atom. The van der Waals surface area contributed by atoms with Gasteiger partial charge < -0.3 is 10.5 Å². The summed E-state index contributed by atoms with van der Waals surface area (Å²) in [7, 11) is 0. The highest BCUT2D eigenvalue weighted by molar-refractivity contribution is 5.96. The van der Waals surface area contributed by atoms with Crippen molar-refractivity contribution in [2.75, 3.05) is 11.5 Å². The first kappa shape index (κ1) is 20.6. The molecule has 2 aromatic rings. The number of rotatable bonds is 9. The van der Waals surface area contributed by atoms with Crippen LogP contribution in [-0.4, -0.2) is 34.8 Å². The lowest BCUT2D eigenvalue weighted by Crippen LogP contribution is -2.31. The lowest BCUT2D eigenvalue weighted by Gasteiger charge is -2.22. The average Bonchev–Trinajstić information content (AvgIpc) is 3.55. The highest BCUT2D eigenvalue weighted by atomic mass is 19.3. The van der Waals surface area contributed by atoms with Gasteiger partial charge in [-0.05, 0) is 42.5 Å². The van der Waals surface area contributed by atoms with Crippen LogP contribution in [0.15, 0.2) is 30.6 Å². The summed E-state index contributed by atoms with van der Waals surface area (Å²) < 4.78 is 30.1. The summed E-state index contributed by atoms with van der Waals surface area (Å²) in [5, 5.41) is 0. The quantitative estimate of drug-likeness (QED) is 0.693. The Hall–Kier alpha value is -3.10. The number of carbonyl (C=O) groups is 2. The zero-order valence-corrected chi connectivity index (χ0v) is 16.0. The van der Waals surface area contributed by atoms with Crippen LogP contribution in [0.1, 0.15) is 53.6 Å². The van der Waals surface area contributed by atoms with Crippen molar-refractivity contribution < 1.29 is 23.1 Å². The maximum atomic E-state index is 12.5. The van der Waals surface area contributed by atoms with Crippen LogP contribution in [0, 0.1) is 0 Å². The number of carbonyl (C=O) groups excluding carboxylic acids is 2. The van der Waals surface area contributed by atoms with Gasteiger partial charge in [0.15, 0.2) is 6.61 Å². The fourth-order valence-electron chi connectivity index (χ4n) is 2.94. The number of hydrogen-bond acceptors (Lipinski definition) is 5. The highest BCUT2D eigenvalue weighted by Gasteiger charge is 2.29. The van der Waals surface area contributed by atoms with Crippen LogP contribution in [0.4, 0.5) is 14.6 Å². The minimum atomic E-state index is -2.58. The Bertz CT molecular complexity index is 903. The molecule has 0 aromatic carbocycles. The summed E-state index contributed by atoms with van der Waals surface area (Å²) in [6.07, 6.45) is 2.46. The number of nitrogens with zero attached hydrogens (tertiary/aromatic N) is 3. The standard InChI is InChI=1S/C20H22F2N4O3/c1-2-18(27)26(17-8-14(19(23)28)5-6-24-17)10-12-7-15(13-3-4-13)20(25-9-12)29-11-16(21)22/h5-9,13,16H,2-4,10-11H2,1H3,(H2,23,28). The van der Waals surface area contributed by atoms with E-state index < -0.39 is 18.9 Å². The van der Waals surface area contributed by atoms with Crippen molar-refractivity contribution in [2.24, 2.45) is 5.73 Å². The predicted molar refractivity (Wildman–Crippen MR) is 102 cm³/mol. The van der Waals surface area contributed by atoms with Crippen LogP contribution in [0.3, 0.4) is 0 Å². The minimum absolute atomic E-state index is 0.170. The van der Waals surface area contributed by atoms with Crippen LogP contribution in [0.2, 0.25) is 0 Å². The first-order chi connectivity index (χ1) is 13.9. The van der Waals surface area contributed by atoms with E-state index in [1.165, 1.54) is 29.4 Å². The molecule has 2 amide bonds. The molecule has 2 N–H and O–H groups in total. The van der Waals surface area contributed by atoms with Gasteiger partial charge in [-0.2, -0.15) is 0 Å². The molecule has 0 aliphatic heterocycles. The molecule has 9 heteroatoms. The van der Waals surface area contributed by atoms with Crippen LogP contribution in [0.25, 0.3) is 0 Å². The number of primary amides is 1. The molecule has 0 spiro atoms. The van der Waals surface area contributed by atoms with E-state index in [2.05, 4.69) is 9.97 Å². The van der Waals surface area contributed by atoms with Crippen molar-refractivity contribution in [3.05, 3.63) is 47.3 Å². The normalized spacial score (nSPS) is 13.4. The Labute approximate surface area is 166 Å². The van der Waals surface area contributed by atoms with Crippen molar-refractivity contribution >= 4 is 17.6 Å². The van der Waals surface area contributed by atoms with Gasteiger partial charge in [0.05, 0.1) is 6.54 Å². The maximum Gasteiger partial charge on any atom is 0.272 e. The van der Waals surface area contributed by atoms with E-state index in [0.29, 0.717) is 11.4 Å². The second-order valence-electron chi connectivity index (χ2n) is 6.81. The molecule has 0 unspecified atom stereocenters. The Kier molecular flexibility index (Phi) is 6.36. The highest BCUT2D eigenvalue weighted by Crippen LogP contribution is 2.44. The summed E-state index contributed by atoms with van der Waals surface area (Å²) in [6, 6.07) is 4.77. The van der Waals surface area contributed by atoms with E-state index in [-0.39, 0.29) is 36.2 Å². The Morgan fingerprint density at radius 3 is 2.69 bits per heavy atom. The van der Waals surface area contributed by atoms with Crippen molar-refractivity contribution in [1.82, 2.24) is 9.97 Å². The van der Waals surface area contributed by atoms with E-state index >= 15 is 0 Å². The van der Waals surface area contributed by atoms with Gasteiger partial charge in [0.25, 0.3) is 6.43 Å². The molecule has 0 radical (unpaired) electrons. The van der Waals surface area contributed by atoms with Crippen molar-refractivity contribution in [1.29, 1.82) is 0 Å². The van der Waals surface area contributed by atoms with Gasteiger partial charge in [0, 0.05) is 29.9 Å². The van der Waals surface area contributed by atoms with E-state index in [4.69, 9.17) is 10.5 Å². The average molecular weight is 404 g/mol.